The molecule has 0 atom stereocenters. The number of sulfonamides is 1. The van der Waals surface area contributed by atoms with Gasteiger partial charge in [0.15, 0.2) is 0 Å². The first-order chi connectivity index (χ1) is 7.21. The summed E-state index contributed by atoms with van der Waals surface area (Å²) in [4.78, 5) is 0.304. The van der Waals surface area contributed by atoms with E-state index in [1.54, 1.807) is 42.6 Å². The fourth-order valence-electron chi connectivity index (χ4n) is 1.30. The molecule has 1 N–H and O–H groups in total. The summed E-state index contributed by atoms with van der Waals surface area (Å²) in [5.74, 6) is 0. The van der Waals surface area contributed by atoms with Crippen LogP contribution in [0.15, 0.2) is 47.5 Å². The molecule has 5 heteroatoms. The molecule has 1 heterocycles. The van der Waals surface area contributed by atoms with Gasteiger partial charge in [-0.15, -0.1) is 0 Å². The highest BCUT2D eigenvalue weighted by Crippen LogP contribution is 2.11. The molecule has 0 bridgehead atoms. The summed E-state index contributed by atoms with van der Waals surface area (Å²) in [7, 11) is -3.40. The largest absolute Gasteiger partial charge is 0.330 e. The van der Waals surface area contributed by atoms with Gasteiger partial charge in [0.25, 0.3) is 6.34 Å². The van der Waals surface area contributed by atoms with Gasteiger partial charge >= 0.3 is 10.0 Å². The van der Waals surface area contributed by atoms with E-state index in [0.717, 1.165) is 0 Å². The van der Waals surface area contributed by atoms with E-state index in [0.29, 0.717) is 11.4 Å². The van der Waals surface area contributed by atoms with E-state index in [-0.39, 0.29) is 0 Å². The molecule has 1 aromatic carbocycles. The number of hydrogen-bond acceptors (Lipinski definition) is 3. The summed E-state index contributed by atoms with van der Waals surface area (Å²) in [6, 6.07) is 8.38. The maximum Gasteiger partial charge on any atom is 0.330 e. The van der Waals surface area contributed by atoms with Crippen LogP contribution in [0.1, 0.15) is 0 Å². The van der Waals surface area contributed by atoms with Crippen LogP contribution in [0.3, 0.4) is 0 Å². The van der Waals surface area contributed by atoms with E-state index in [4.69, 9.17) is 0 Å². The monoisotopic (exact) mass is 223 g/mol. The Bertz CT molecular complexity index is 503. The van der Waals surface area contributed by atoms with Crippen LogP contribution < -0.4 is 5.32 Å². The molecule has 78 valence electrons. The Kier molecular flexibility index (Phi) is 2.55. The molecular weight excluding hydrogens is 212 g/mol. The highest BCUT2D eigenvalue weighted by atomic mass is 32.2. The van der Waals surface area contributed by atoms with E-state index in [1.165, 1.54) is 10.3 Å². The molecule has 1 aliphatic heterocycles. The van der Waals surface area contributed by atoms with Crippen molar-refractivity contribution in [3.05, 3.63) is 42.6 Å². The van der Waals surface area contributed by atoms with Crippen molar-refractivity contribution in [3.63, 3.8) is 0 Å². The third-order valence-electron chi connectivity index (χ3n) is 2.07. The zero-order chi connectivity index (χ0) is 10.7. The minimum atomic E-state index is -3.40. The minimum Gasteiger partial charge on any atom is -0.253 e. The topological polar surface area (TPSA) is 49.2 Å². The molecule has 4 nitrogen and oxygen atoms in total. The van der Waals surface area contributed by atoms with Crippen LogP contribution in [0.4, 0.5) is 0 Å². The first-order valence-electron chi connectivity index (χ1n) is 4.52. The van der Waals surface area contributed by atoms with Gasteiger partial charge in [0.1, 0.15) is 11.4 Å². The molecule has 1 aromatic rings. The van der Waals surface area contributed by atoms with E-state index < -0.39 is 10.0 Å². The average Bonchev–Trinajstić information content (AvgIpc) is 2.31. The smallest absolute Gasteiger partial charge is 0.253 e. The molecule has 1 aliphatic rings. The van der Waals surface area contributed by atoms with Crippen molar-refractivity contribution < 1.29 is 12.4 Å². The molecule has 0 fully saturated rings. The van der Waals surface area contributed by atoms with Crippen LogP contribution in [0, 0.1) is 0 Å². The lowest BCUT2D eigenvalue weighted by Gasteiger charge is -2.07. The van der Waals surface area contributed by atoms with Crippen molar-refractivity contribution >= 4 is 16.4 Å². The van der Waals surface area contributed by atoms with Gasteiger partial charge in [-0.2, -0.15) is 12.4 Å². The summed E-state index contributed by atoms with van der Waals surface area (Å²) in [6.45, 7) is 0.365. The summed E-state index contributed by atoms with van der Waals surface area (Å²) in [5.41, 5.74) is 0. The summed E-state index contributed by atoms with van der Waals surface area (Å²) < 4.78 is 25.3. The fourth-order valence-corrected chi connectivity index (χ4v) is 2.55. The molecule has 0 unspecified atom stereocenters. The number of nitrogens with one attached hydrogen (secondary N) is 1. The van der Waals surface area contributed by atoms with Gasteiger partial charge in [0.05, 0.1) is 6.20 Å². The first kappa shape index (κ1) is 9.92. The van der Waals surface area contributed by atoms with Crippen molar-refractivity contribution in [1.82, 2.24) is 5.32 Å². The van der Waals surface area contributed by atoms with Gasteiger partial charge in [-0.3, -0.25) is 5.32 Å². The Balaban J connectivity index is 2.40. The van der Waals surface area contributed by atoms with Gasteiger partial charge in [0, 0.05) is 0 Å². The van der Waals surface area contributed by atoms with E-state index in [9.17, 15) is 8.42 Å². The number of benzene rings is 1. The van der Waals surface area contributed by atoms with Gasteiger partial charge in [0.2, 0.25) is 0 Å². The Labute approximate surface area is 88.6 Å². The Morgan fingerprint density at radius 2 is 1.93 bits per heavy atom. The van der Waals surface area contributed by atoms with Gasteiger partial charge < -0.3 is 0 Å². The predicted octanol–water partition coefficient (Wildman–Crippen LogP) is 0.533. The van der Waals surface area contributed by atoms with Crippen molar-refractivity contribution in [2.24, 2.45) is 0 Å². The third-order valence-corrected chi connectivity index (χ3v) is 3.81. The molecule has 0 aliphatic carbocycles. The number of hydrogen-bond donors (Lipinski definition) is 1. The minimum absolute atomic E-state index is 0.304. The molecular formula is C10H11N2O2S+. The second-order valence-corrected chi connectivity index (χ2v) is 4.98. The quantitative estimate of drug-likeness (QED) is 0.744. The second kappa shape index (κ2) is 3.86. The van der Waals surface area contributed by atoms with E-state index in [1.807, 2.05) is 0 Å². The Hall–Kier alpha value is -1.62. The van der Waals surface area contributed by atoms with Crippen LogP contribution >= 0.6 is 0 Å². The lowest BCUT2D eigenvalue weighted by Crippen LogP contribution is -2.29. The molecule has 0 saturated carbocycles. The highest BCUT2D eigenvalue weighted by molar-refractivity contribution is 7.85. The van der Waals surface area contributed by atoms with Gasteiger partial charge in [-0.05, 0) is 18.2 Å². The zero-order valence-electron chi connectivity index (χ0n) is 8.00. The maximum absolute atomic E-state index is 12.0. The van der Waals surface area contributed by atoms with Gasteiger partial charge in [-0.1, -0.05) is 18.2 Å². The molecule has 0 aromatic heterocycles. The van der Waals surface area contributed by atoms with Crippen LogP contribution in [-0.4, -0.2) is 25.3 Å². The molecule has 2 rings (SSSR count). The van der Waals surface area contributed by atoms with Gasteiger partial charge in [-0.25, -0.2) is 0 Å². The second-order valence-electron chi connectivity index (χ2n) is 3.09. The molecule has 0 radical (unpaired) electrons. The summed E-state index contributed by atoms with van der Waals surface area (Å²) >= 11 is 0. The van der Waals surface area contributed by atoms with E-state index >= 15 is 0 Å². The Morgan fingerprint density at radius 3 is 2.53 bits per heavy atom. The van der Waals surface area contributed by atoms with Crippen molar-refractivity contribution in [2.45, 2.75) is 4.90 Å². The van der Waals surface area contributed by atoms with Crippen molar-refractivity contribution in [3.8, 4) is 0 Å². The number of rotatable bonds is 2. The molecule has 0 saturated heterocycles. The normalized spacial score (nSPS) is 15.6. The summed E-state index contributed by atoms with van der Waals surface area (Å²) in [6.07, 6.45) is 4.90. The van der Waals surface area contributed by atoms with Crippen LogP contribution in [0.5, 0.6) is 0 Å². The highest BCUT2D eigenvalue weighted by Gasteiger charge is 2.22. The fraction of sp³-hybridized carbons (Fsp3) is 0.100. The average molecular weight is 223 g/mol. The lowest BCUT2D eigenvalue weighted by molar-refractivity contribution is -0.351. The van der Waals surface area contributed by atoms with Crippen molar-refractivity contribution in [1.29, 1.82) is 0 Å². The van der Waals surface area contributed by atoms with Crippen LogP contribution in [0.2, 0.25) is 0 Å². The number of nitrogens with zero attached hydrogens (tertiary/aromatic N) is 1. The predicted molar refractivity (Wildman–Crippen MR) is 57.1 cm³/mol. The van der Waals surface area contributed by atoms with E-state index in [2.05, 4.69) is 5.32 Å². The molecule has 0 spiro atoms. The SMILES string of the molecule is O=S(=O)(c1ccccc1)[N+]1=CNC=CC1. The lowest BCUT2D eigenvalue weighted by atomic mass is 10.4. The standard InChI is InChI=1S/C10H10N2O2S/c13-15(14,10-5-2-1-3-6-10)12-8-4-7-11-9-12/h1-7,9H,8H2/p+1. The molecule has 0 amide bonds. The van der Waals surface area contributed by atoms with Crippen molar-refractivity contribution in [2.75, 3.05) is 6.54 Å². The Morgan fingerprint density at radius 1 is 1.20 bits per heavy atom. The van der Waals surface area contributed by atoms with Crippen LogP contribution in [0.25, 0.3) is 0 Å². The first-order valence-corrected chi connectivity index (χ1v) is 5.96. The summed E-state index contributed by atoms with van der Waals surface area (Å²) in [5, 5.41) is 2.75. The van der Waals surface area contributed by atoms with Crippen LogP contribution in [-0.2, 0) is 10.0 Å². The third kappa shape index (κ3) is 1.92. The molecule has 15 heavy (non-hydrogen) atoms. The maximum atomic E-state index is 12.0. The zero-order valence-corrected chi connectivity index (χ0v) is 8.81.